The van der Waals surface area contributed by atoms with Gasteiger partial charge in [-0.05, 0) is 55.0 Å². The van der Waals surface area contributed by atoms with Gasteiger partial charge in [-0.3, -0.25) is 4.79 Å². The molecule has 0 atom stereocenters. The van der Waals surface area contributed by atoms with E-state index < -0.39 is 0 Å². The van der Waals surface area contributed by atoms with Crippen LogP contribution in [0.3, 0.4) is 0 Å². The van der Waals surface area contributed by atoms with Gasteiger partial charge in [0.25, 0.3) is 5.22 Å². The third kappa shape index (κ3) is 4.66. The highest BCUT2D eigenvalue weighted by molar-refractivity contribution is 7.99. The number of halogens is 2. The Kier molecular flexibility index (Phi) is 5.93. The summed E-state index contributed by atoms with van der Waals surface area (Å²) in [5.41, 5.74) is 5.24. The molecule has 1 N–H and O–H groups in total. The minimum Gasteiger partial charge on any atom is -0.411 e. The summed E-state index contributed by atoms with van der Waals surface area (Å²) >= 11 is 13.1. The molecule has 0 saturated carbocycles. The van der Waals surface area contributed by atoms with Crippen molar-refractivity contribution < 1.29 is 9.21 Å². The van der Waals surface area contributed by atoms with Crippen molar-refractivity contribution in [3.05, 3.63) is 81.8 Å². The quantitative estimate of drug-likeness (QED) is 0.204. The average molecular weight is 495 g/mol. The third-order valence-electron chi connectivity index (χ3n) is 5.01. The van der Waals surface area contributed by atoms with E-state index >= 15 is 0 Å². The van der Waals surface area contributed by atoms with Crippen LogP contribution >= 0.6 is 35.0 Å². The number of carbonyl (C=O) groups excluding carboxylic acids is 1. The summed E-state index contributed by atoms with van der Waals surface area (Å²) < 4.78 is 5.72. The maximum absolute atomic E-state index is 12.4. The molecule has 0 fully saturated rings. The standard InChI is InChI=1S/C24H16Cl2N4O2S/c1-13-2-9-19-20(10-13)28-22(27-19)14-3-5-15(6-4-14)23-29-30-24(32-23)33-12-21(31)17-8-7-16(25)11-18(17)26/h2-11H,12H2,1H3,(H,27,28). The van der Waals surface area contributed by atoms with Crippen LogP contribution in [0.2, 0.25) is 10.0 Å². The number of rotatable bonds is 6. The van der Waals surface area contributed by atoms with Gasteiger partial charge in [-0.2, -0.15) is 0 Å². The Hall–Kier alpha value is -3.13. The lowest BCUT2D eigenvalue weighted by molar-refractivity contribution is 0.102. The summed E-state index contributed by atoms with van der Waals surface area (Å²) in [5.74, 6) is 1.14. The van der Waals surface area contributed by atoms with Gasteiger partial charge in [0.15, 0.2) is 5.78 Å². The molecule has 2 aromatic heterocycles. The van der Waals surface area contributed by atoms with Crippen LogP contribution in [0.5, 0.6) is 0 Å². The molecule has 0 radical (unpaired) electrons. The zero-order valence-corrected chi connectivity index (χ0v) is 19.6. The summed E-state index contributed by atoms with van der Waals surface area (Å²) in [5, 5.41) is 9.23. The first-order valence-electron chi connectivity index (χ1n) is 9.98. The normalized spacial score (nSPS) is 11.2. The van der Waals surface area contributed by atoms with Gasteiger partial charge in [0.2, 0.25) is 5.89 Å². The molecule has 0 unspecified atom stereocenters. The van der Waals surface area contributed by atoms with Gasteiger partial charge < -0.3 is 9.40 Å². The molecule has 0 aliphatic rings. The fourth-order valence-electron chi connectivity index (χ4n) is 3.34. The number of nitrogens with one attached hydrogen (secondary N) is 1. The van der Waals surface area contributed by atoms with Crippen LogP contribution < -0.4 is 0 Å². The molecule has 9 heteroatoms. The monoisotopic (exact) mass is 494 g/mol. The molecule has 0 spiro atoms. The molecule has 0 aliphatic heterocycles. The van der Waals surface area contributed by atoms with Gasteiger partial charge >= 0.3 is 0 Å². The van der Waals surface area contributed by atoms with Crippen molar-refractivity contribution in [3.8, 4) is 22.8 Å². The lowest BCUT2D eigenvalue weighted by Crippen LogP contribution is -2.03. The van der Waals surface area contributed by atoms with E-state index in [-0.39, 0.29) is 11.5 Å². The van der Waals surface area contributed by atoms with E-state index in [1.807, 2.05) is 36.4 Å². The molecule has 2 heterocycles. The fraction of sp³-hybridized carbons (Fsp3) is 0.0833. The van der Waals surface area contributed by atoms with Crippen LogP contribution in [0.15, 0.2) is 70.3 Å². The second kappa shape index (κ2) is 9.02. The molecule has 33 heavy (non-hydrogen) atoms. The maximum Gasteiger partial charge on any atom is 0.277 e. The number of carbonyl (C=O) groups is 1. The van der Waals surface area contributed by atoms with Crippen LogP contribution in [0.1, 0.15) is 15.9 Å². The van der Waals surface area contributed by atoms with Crippen molar-refractivity contribution in [1.29, 1.82) is 0 Å². The Morgan fingerprint density at radius 3 is 2.58 bits per heavy atom. The van der Waals surface area contributed by atoms with Crippen molar-refractivity contribution in [3.63, 3.8) is 0 Å². The number of aromatic amines is 1. The predicted molar refractivity (Wildman–Crippen MR) is 131 cm³/mol. The molecule has 3 aromatic carbocycles. The van der Waals surface area contributed by atoms with Gasteiger partial charge in [0.1, 0.15) is 5.82 Å². The molecule has 164 valence electrons. The van der Waals surface area contributed by atoms with Crippen LogP contribution in [0.4, 0.5) is 0 Å². The SMILES string of the molecule is Cc1ccc2nc(-c3ccc(-c4nnc(SCC(=O)c5ccc(Cl)cc5Cl)o4)cc3)[nH]c2c1. The number of hydrogen-bond donors (Lipinski definition) is 1. The highest BCUT2D eigenvalue weighted by atomic mass is 35.5. The van der Waals surface area contributed by atoms with E-state index in [1.165, 1.54) is 5.56 Å². The zero-order chi connectivity index (χ0) is 22.9. The highest BCUT2D eigenvalue weighted by Gasteiger charge is 2.15. The van der Waals surface area contributed by atoms with E-state index in [9.17, 15) is 4.79 Å². The number of aromatic nitrogens is 4. The molecule has 0 bridgehead atoms. The number of hydrogen-bond acceptors (Lipinski definition) is 6. The number of H-pyrrole nitrogens is 1. The summed E-state index contributed by atoms with van der Waals surface area (Å²) in [6.45, 7) is 2.05. The Morgan fingerprint density at radius 1 is 1.00 bits per heavy atom. The van der Waals surface area contributed by atoms with Gasteiger partial charge in [-0.25, -0.2) is 4.98 Å². The number of thioether (sulfide) groups is 1. The summed E-state index contributed by atoms with van der Waals surface area (Å²) in [7, 11) is 0. The average Bonchev–Trinajstić information content (AvgIpc) is 3.44. The summed E-state index contributed by atoms with van der Waals surface area (Å²) in [4.78, 5) is 20.4. The largest absolute Gasteiger partial charge is 0.411 e. The van der Waals surface area contributed by atoms with Gasteiger partial charge in [0.05, 0.1) is 21.8 Å². The molecule has 5 aromatic rings. The molecule has 0 amide bonds. The fourth-order valence-corrected chi connectivity index (χ4v) is 4.50. The number of nitrogens with zero attached hydrogens (tertiary/aromatic N) is 3. The zero-order valence-electron chi connectivity index (χ0n) is 17.3. The number of Topliss-reactive ketones (excluding diaryl/α,β-unsaturated/α-hetero) is 1. The summed E-state index contributed by atoms with van der Waals surface area (Å²) in [6, 6.07) is 18.6. The molecule has 0 saturated heterocycles. The van der Waals surface area contributed by atoms with Crippen LogP contribution in [-0.4, -0.2) is 31.7 Å². The van der Waals surface area contributed by atoms with Crippen molar-refractivity contribution in [2.45, 2.75) is 12.1 Å². The molecular weight excluding hydrogens is 479 g/mol. The minimum absolute atomic E-state index is 0.119. The van der Waals surface area contributed by atoms with Crippen LogP contribution in [0.25, 0.3) is 33.9 Å². The molecule has 0 aliphatic carbocycles. The van der Waals surface area contributed by atoms with Crippen molar-refractivity contribution in [1.82, 2.24) is 20.2 Å². The molecule has 5 rings (SSSR count). The first-order chi connectivity index (χ1) is 16.0. The van der Waals surface area contributed by atoms with E-state index in [2.05, 4.69) is 33.2 Å². The second-order valence-corrected chi connectivity index (χ2v) is 9.16. The maximum atomic E-state index is 12.4. The van der Waals surface area contributed by atoms with Crippen molar-refractivity contribution in [2.75, 3.05) is 5.75 Å². The number of aryl methyl sites for hydroxylation is 1. The van der Waals surface area contributed by atoms with E-state index in [1.54, 1.807) is 18.2 Å². The smallest absolute Gasteiger partial charge is 0.277 e. The van der Waals surface area contributed by atoms with Crippen LogP contribution in [-0.2, 0) is 0 Å². The first-order valence-corrected chi connectivity index (χ1v) is 11.7. The van der Waals surface area contributed by atoms with Crippen molar-refractivity contribution in [2.24, 2.45) is 0 Å². The Bertz CT molecular complexity index is 1480. The second-order valence-electron chi connectivity index (χ2n) is 7.39. The lowest BCUT2D eigenvalue weighted by Gasteiger charge is -2.02. The molecule has 6 nitrogen and oxygen atoms in total. The van der Waals surface area contributed by atoms with Gasteiger partial charge in [-0.15, -0.1) is 10.2 Å². The Morgan fingerprint density at radius 2 is 1.79 bits per heavy atom. The topological polar surface area (TPSA) is 84.7 Å². The van der Waals surface area contributed by atoms with E-state index in [0.29, 0.717) is 26.7 Å². The third-order valence-corrected chi connectivity index (χ3v) is 6.37. The van der Waals surface area contributed by atoms with Gasteiger partial charge in [0, 0.05) is 21.7 Å². The first kappa shape index (κ1) is 21.7. The van der Waals surface area contributed by atoms with Gasteiger partial charge in [-0.1, -0.05) is 53.2 Å². The van der Waals surface area contributed by atoms with E-state index in [4.69, 9.17) is 27.6 Å². The van der Waals surface area contributed by atoms with Crippen molar-refractivity contribution >= 4 is 51.8 Å². The predicted octanol–water partition coefficient (Wildman–Crippen LogP) is 6.87. The molecular formula is C24H16Cl2N4O2S. The number of fused-ring (bicyclic) bond motifs is 1. The lowest BCUT2D eigenvalue weighted by atomic mass is 10.1. The summed E-state index contributed by atoms with van der Waals surface area (Å²) in [6.07, 6.45) is 0. The number of imidazole rings is 1. The number of ketones is 1. The van der Waals surface area contributed by atoms with Crippen LogP contribution in [0, 0.1) is 6.92 Å². The van der Waals surface area contributed by atoms with E-state index in [0.717, 1.165) is 39.7 Å². The minimum atomic E-state index is -0.146. The Labute approximate surface area is 203 Å². The highest BCUT2D eigenvalue weighted by Crippen LogP contribution is 2.28. The Balaban J connectivity index is 1.28. The number of benzene rings is 3.